The molecule has 2 fully saturated rings. The first kappa shape index (κ1) is 10.3. The lowest BCUT2D eigenvalue weighted by molar-refractivity contribution is -0.0872. The number of aryl methyl sites for hydroxylation is 1. The van der Waals surface area contributed by atoms with Crippen molar-refractivity contribution in [3.05, 3.63) is 35.4 Å². The van der Waals surface area contributed by atoms with E-state index in [9.17, 15) is 0 Å². The summed E-state index contributed by atoms with van der Waals surface area (Å²) in [6.07, 6.45) is 1.29. The first-order chi connectivity index (χ1) is 7.83. The third-order valence-electron chi connectivity index (χ3n) is 4.24. The number of hydrogen-bond donors (Lipinski definition) is 1. The Balaban J connectivity index is 1.98. The molecule has 1 aromatic carbocycles. The second kappa shape index (κ2) is 3.86. The Labute approximate surface area is 97.0 Å². The average molecular weight is 217 g/mol. The van der Waals surface area contributed by atoms with Gasteiger partial charge in [0, 0.05) is 5.41 Å². The van der Waals surface area contributed by atoms with E-state index in [0.29, 0.717) is 5.41 Å². The van der Waals surface area contributed by atoms with E-state index in [4.69, 9.17) is 4.74 Å². The van der Waals surface area contributed by atoms with Crippen molar-refractivity contribution in [1.29, 1.82) is 0 Å². The van der Waals surface area contributed by atoms with E-state index < -0.39 is 0 Å². The highest BCUT2D eigenvalue weighted by Crippen LogP contribution is 2.43. The third-order valence-corrected chi connectivity index (χ3v) is 4.24. The van der Waals surface area contributed by atoms with Gasteiger partial charge in [0.1, 0.15) is 0 Å². The molecule has 2 heteroatoms. The molecule has 0 aliphatic carbocycles. The van der Waals surface area contributed by atoms with E-state index in [1.165, 1.54) is 17.5 Å². The Hall–Kier alpha value is -0.860. The van der Waals surface area contributed by atoms with Crippen LogP contribution in [0.4, 0.5) is 0 Å². The van der Waals surface area contributed by atoms with E-state index >= 15 is 0 Å². The molecule has 1 atom stereocenters. The molecule has 0 spiro atoms. The molecule has 0 radical (unpaired) electrons. The second-order valence-electron chi connectivity index (χ2n) is 5.15. The molecule has 2 saturated heterocycles. The molecule has 1 unspecified atom stereocenters. The van der Waals surface area contributed by atoms with E-state index in [1.54, 1.807) is 0 Å². The topological polar surface area (TPSA) is 21.3 Å². The summed E-state index contributed by atoms with van der Waals surface area (Å²) in [7, 11) is 0. The Morgan fingerprint density at radius 2 is 2.12 bits per heavy atom. The molecule has 1 N–H and O–H groups in total. The summed E-state index contributed by atoms with van der Waals surface area (Å²) in [6.45, 7) is 6.35. The highest BCUT2D eigenvalue weighted by atomic mass is 16.5. The number of rotatable bonds is 2. The smallest absolute Gasteiger partial charge is 0.0588 e. The summed E-state index contributed by atoms with van der Waals surface area (Å²) in [5, 5.41) is 3.48. The van der Waals surface area contributed by atoms with Gasteiger partial charge < -0.3 is 10.1 Å². The van der Waals surface area contributed by atoms with E-state index in [1.807, 2.05) is 0 Å². The van der Waals surface area contributed by atoms with E-state index in [-0.39, 0.29) is 0 Å². The van der Waals surface area contributed by atoms with Crippen LogP contribution in [0, 0.1) is 12.8 Å². The lowest BCUT2D eigenvalue weighted by Gasteiger charge is -2.47. The predicted octanol–water partition coefficient (Wildman–Crippen LogP) is 1.87. The quantitative estimate of drug-likeness (QED) is 0.816. The highest BCUT2D eigenvalue weighted by molar-refractivity contribution is 5.36. The number of hydrogen-bond acceptors (Lipinski definition) is 2. The summed E-state index contributed by atoms with van der Waals surface area (Å²) < 4.78 is 5.53. The Morgan fingerprint density at radius 1 is 1.31 bits per heavy atom. The molecule has 16 heavy (non-hydrogen) atoms. The van der Waals surface area contributed by atoms with Gasteiger partial charge in [-0.25, -0.2) is 0 Å². The van der Waals surface area contributed by atoms with Gasteiger partial charge in [0.05, 0.1) is 13.2 Å². The Bertz CT molecular complexity index is 378. The number of benzene rings is 1. The fraction of sp³-hybridized carbons (Fsp3) is 0.571. The van der Waals surface area contributed by atoms with Gasteiger partial charge in [0.15, 0.2) is 0 Å². The normalized spacial score (nSPS) is 27.7. The molecule has 3 rings (SSSR count). The molecular formula is C14H19NO. The van der Waals surface area contributed by atoms with Crippen LogP contribution in [0.1, 0.15) is 17.5 Å². The van der Waals surface area contributed by atoms with Crippen molar-refractivity contribution in [2.45, 2.75) is 18.8 Å². The van der Waals surface area contributed by atoms with Crippen molar-refractivity contribution in [3.63, 3.8) is 0 Å². The van der Waals surface area contributed by atoms with Crippen molar-refractivity contribution in [1.82, 2.24) is 5.32 Å². The zero-order chi connectivity index (χ0) is 11.0. The summed E-state index contributed by atoms with van der Waals surface area (Å²) in [5.74, 6) is 0.752. The van der Waals surface area contributed by atoms with Crippen LogP contribution < -0.4 is 5.32 Å². The van der Waals surface area contributed by atoms with Crippen LogP contribution in [0.2, 0.25) is 0 Å². The first-order valence-corrected chi connectivity index (χ1v) is 6.17. The van der Waals surface area contributed by atoms with Gasteiger partial charge in [-0.05, 0) is 43.5 Å². The number of ether oxygens (including phenoxy) is 1. The Morgan fingerprint density at radius 3 is 2.69 bits per heavy atom. The van der Waals surface area contributed by atoms with Crippen LogP contribution in [0.25, 0.3) is 0 Å². The summed E-state index contributed by atoms with van der Waals surface area (Å²) in [6, 6.07) is 8.79. The number of nitrogens with one attached hydrogen (secondary N) is 1. The lowest BCUT2D eigenvalue weighted by atomic mass is 9.67. The van der Waals surface area contributed by atoms with Crippen LogP contribution in [0.3, 0.4) is 0 Å². The molecule has 2 heterocycles. The SMILES string of the molecule is Cc1ccccc1C1(C2CCNC2)COC1. The minimum Gasteiger partial charge on any atom is -0.379 e. The molecule has 2 aliphatic heterocycles. The molecule has 0 bridgehead atoms. The molecule has 0 aromatic heterocycles. The summed E-state index contributed by atoms with van der Waals surface area (Å²) in [4.78, 5) is 0. The van der Waals surface area contributed by atoms with Gasteiger partial charge in [-0.1, -0.05) is 24.3 Å². The van der Waals surface area contributed by atoms with Gasteiger partial charge in [0.25, 0.3) is 0 Å². The molecule has 2 aliphatic rings. The van der Waals surface area contributed by atoms with Crippen LogP contribution in [-0.2, 0) is 10.2 Å². The second-order valence-corrected chi connectivity index (χ2v) is 5.15. The highest BCUT2D eigenvalue weighted by Gasteiger charge is 2.48. The largest absolute Gasteiger partial charge is 0.379 e. The maximum absolute atomic E-state index is 5.53. The maximum atomic E-state index is 5.53. The monoisotopic (exact) mass is 217 g/mol. The van der Waals surface area contributed by atoms with Crippen molar-refractivity contribution in [2.75, 3.05) is 26.3 Å². The zero-order valence-corrected chi connectivity index (χ0v) is 9.83. The van der Waals surface area contributed by atoms with Crippen LogP contribution in [0.15, 0.2) is 24.3 Å². The van der Waals surface area contributed by atoms with Crippen molar-refractivity contribution >= 4 is 0 Å². The Kier molecular flexibility index (Phi) is 2.49. The fourth-order valence-corrected chi connectivity index (χ4v) is 3.19. The first-order valence-electron chi connectivity index (χ1n) is 6.17. The van der Waals surface area contributed by atoms with Gasteiger partial charge in [-0.2, -0.15) is 0 Å². The standard InChI is InChI=1S/C14H19NO/c1-11-4-2-3-5-13(11)14(9-16-10-14)12-6-7-15-8-12/h2-5,12,15H,6-10H2,1H3. The van der Waals surface area contributed by atoms with Crippen LogP contribution >= 0.6 is 0 Å². The van der Waals surface area contributed by atoms with E-state index in [2.05, 4.69) is 36.5 Å². The van der Waals surface area contributed by atoms with E-state index in [0.717, 1.165) is 32.2 Å². The van der Waals surface area contributed by atoms with Gasteiger partial charge in [-0.3, -0.25) is 0 Å². The zero-order valence-electron chi connectivity index (χ0n) is 9.83. The third kappa shape index (κ3) is 1.40. The van der Waals surface area contributed by atoms with Crippen LogP contribution in [-0.4, -0.2) is 26.3 Å². The summed E-state index contributed by atoms with van der Waals surface area (Å²) >= 11 is 0. The molecule has 86 valence electrons. The maximum Gasteiger partial charge on any atom is 0.0588 e. The average Bonchev–Trinajstić information content (AvgIpc) is 2.73. The van der Waals surface area contributed by atoms with Gasteiger partial charge in [-0.15, -0.1) is 0 Å². The molecule has 1 aromatic rings. The lowest BCUT2D eigenvalue weighted by Crippen LogP contribution is -2.53. The molecular weight excluding hydrogens is 198 g/mol. The van der Waals surface area contributed by atoms with Gasteiger partial charge >= 0.3 is 0 Å². The molecule has 0 amide bonds. The minimum absolute atomic E-state index is 0.300. The fourth-order valence-electron chi connectivity index (χ4n) is 3.19. The van der Waals surface area contributed by atoms with Crippen molar-refractivity contribution in [3.8, 4) is 0 Å². The molecule has 0 saturated carbocycles. The molecule has 2 nitrogen and oxygen atoms in total. The minimum atomic E-state index is 0.300. The summed E-state index contributed by atoms with van der Waals surface area (Å²) in [5.41, 5.74) is 3.22. The van der Waals surface area contributed by atoms with Gasteiger partial charge in [0.2, 0.25) is 0 Å². The van der Waals surface area contributed by atoms with Crippen molar-refractivity contribution < 1.29 is 4.74 Å². The van der Waals surface area contributed by atoms with Crippen LogP contribution in [0.5, 0.6) is 0 Å². The predicted molar refractivity (Wildman–Crippen MR) is 64.7 cm³/mol. The van der Waals surface area contributed by atoms with Crippen molar-refractivity contribution in [2.24, 2.45) is 5.92 Å².